The van der Waals surface area contributed by atoms with Crippen LogP contribution >= 0.6 is 11.8 Å². The zero-order valence-corrected chi connectivity index (χ0v) is 8.95. The van der Waals surface area contributed by atoms with E-state index in [4.69, 9.17) is 4.74 Å². The standard InChI is InChI=1S/C9H18O2S/c1-4-5-6-12-7-9(10)11-8(2)3/h8H,4-7H2,1-3H3. The van der Waals surface area contributed by atoms with Crippen molar-refractivity contribution in [2.24, 2.45) is 0 Å². The Morgan fingerprint density at radius 3 is 2.67 bits per heavy atom. The number of carbonyl (C=O) groups excluding carboxylic acids is 1. The summed E-state index contributed by atoms with van der Waals surface area (Å²) in [4.78, 5) is 11.0. The second-order valence-electron chi connectivity index (χ2n) is 2.94. The minimum atomic E-state index is -0.0916. The van der Waals surface area contributed by atoms with E-state index in [2.05, 4.69) is 6.92 Å². The smallest absolute Gasteiger partial charge is 0.316 e. The van der Waals surface area contributed by atoms with E-state index in [1.54, 1.807) is 11.8 Å². The van der Waals surface area contributed by atoms with E-state index < -0.39 is 0 Å². The summed E-state index contributed by atoms with van der Waals surface area (Å²) in [6.07, 6.45) is 2.38. The number of ether oxygens (including phenoxy) is 1. The lowest BCUT2D eigenvalue weighted by Gasteiger charge is -2.06. The first-order chi connectivity index (χ1) is 5.66. The molecule has 0 rings (SSSR count). The first-order valence-corrected chi connectivity index (χ1v) is 5.59. The summed E-state index contributed by atoms with van der Waals surface area (Å²) in [5.74, 6) is 1.47. The molecule has 0 bridgehead atoms. The highest BCUT2D eigenvalue weighted by Gasteiger charge is 2.04. The van der Waals surface area contributed by atoms with E-state index in [0.29, 0.717) is 5.75 Å². The number of rotatable bonds is 6. The van der Waals surface area contributed by atoms with Crippen LogP contribution in [0.4, 0.5) is 0 Å². The molecule has 0 aliphatic carbocycles. The van der Waals surface area contributed by atoms with Gasteiger partial charge in [-0.3, -0.25) is 4.79 Å². The van der Waals surface area contributed by atoms with Gasteiger partial charge in [-0.05, 0) is 26.0 Å². The van der Waals surface area contributed by atoms with Gasteiger partial charge in [-0.1, -0.05) is 13.3 Å². The third kappa shape index (κ3) is 7.92. The molecule has 0 radical (unpaired) electrons. The number of esters is 1. The number of hydrogen-bond acceptors (Lipinski definition) is 3. The molecule has 0 aromatic heterocycles. The molecule has 0 fully saturated rings. The van der Waals surface area contributed by atoms with Crippen LogP contribution in [0.25, 0.3) is 0 Å². The Balaban J connectivity index is 3.20. The summed E-state index contributed by atoms with van der Waals surface area (Å²) >= 11 is 1.65. The molecule has 72 valence electrons. The van der Waals surface area contributed by atoms with Gasteiger partial charge in [0.15, 0.2) is 0 Å². The van der Waals surface area contributed by atoms with E-state index in [9.17, 15) is 4.79 Å². The SMILES string of the molecule is CCCCSCC(=O)OC(C)C. The van der Waals surface area contributed by atoms with Crippen molar-refractivity contribution in [2.45, 2.75) is 39.7 Å². The lowest BCUT2D eigenvalue weighted by Crippen LogP contribution is -2.13. The molecule has 0 unspecified atom stereocenters. The van der Waals surface area contributed by atoms with Crippen molar-refractivity contribution < 1.29 is 9.53 Å². The summed E-state index contributed by atoms with van der Waals surface area (Å²) in [5, 5.41) is 0. The first-order valence-electron chi connectivity index (χ1n) is 4.44. The van der Waals surface area contributed by atoms with Crippen LogP contribution in [0.15, 0.2) is 0 Å². The van der Waals surface area contributed by atoms with Gasteiger partial charge in [0.25, 0.3) is 0 Å². The van der Waals surface area contributed by atoms with Gasteiger partial charge in [-0.15, -0.1) is 0 Å². The Morgan fingerprint density at radius 1 is 1.50 bits per heavy atom. The average molecular weight is 190 g/mol. The topological polar surface area (TPSA) is 26.3 Å². The van der Waals surface area contributed by atoms with Gasteiger partial charge in [0.2, 0.25) is 0 Å². The molecule has 0 aromatic rings. The van der Waals surface area contributed by atoms with Crippen molar-refractivity contribution in [3.63, 3.8) is 0 Å². The van der Waals surface area contributed by atoms with Crippen LogP contribution in [0.2, 0.25) is 0 Å². The van der Waals surface area contributed by atoms with E-state index in [0.717, 1.165) is 5.75 Å². The second kappa shape index (κ2) is 7.47. The maximum Gasteiger partial charge on any atom is 0.316 e. The molecule has 2 nitrogen and oxygen atoms in total. The van der Waals surface area contributed by atoms with Crippen molar-refractivity contribution in [1.29, 1.82) is 0 Å². The summed E-state index contributed by atoms with van der Waals surface area (Å²) in [6, 6.07) is 0. The average Bonchev–Trinajstić information content (AvgIpc) is 1.97. The summed E-state index contributed by atoms with van der Waals surface area (Å²) in [6.45, 7) is 5.89. The monoisotopic (exact) mass is 190 g/mol. The minimum absolute atomic E-state index is 0.0178. The van der Waals surface area contributed by atoms with Gasteiger partial charge in [-0.25, -0.2) is 0 Å². The lowest BCUT2D eigenvalue weighted by molar-refractivity contribution is -0.144. The van der Waals surface area contributed by atoms with Gasteiger partial charge in [0.05, 0.1) is 11.9 Å². The van der Waals surface area contributed by atoms with Gasteiger partial charge in [0, 0.05) is 0 Å². The fraction of sp³-hybridized carbons (Fsp3) is 0.889. The molecule has 3 heteroatoms. The third-order valence-electron chi connectivity index (χ3n) is 1.23. The fourth-order valence-corrected chi connectivity index (χ4v) is 1.57. The molecule has 0 atom stereocenters. The van der Waals surface area contributed by atoms with Crippen LogP contribution in [0, 0.1) is 0 Å². The molecule has 0 aliphatic heterocycles. The number of thioether (sulfide) groups is 1. The van der Waals surface area contributed by atoms with Crippen LogP contribution in [0.1, 0.15) is 33.6 Å². The van der Waals surface area contributed by atoms with E-state index >= 15 is 0 Å². The molecule has 12 heavy (non-hydrogen) atoms. The maximum atomic E-state index is 11.0. The molecular formula is C9H18O2S. The third-order valence-corrected chi connectivity index (χ3v) is 2.25. The van der Waals surface area contributed by atoms with E-state index in [-0.39, 0.29) is 12.1 Å². The Labute approximate surface area is 79.1 Å². The molecular weight excluding hydrogens is 172 g/mol. The normalized spacial score (nSPS) is 10.3. The van der Waals surface area contributed by atoms with Gasteiger partial charge < -0.3 is 4.74 Å². The Morgan fingerprint density at radius 2 is 2.17 bits per heavy atom. The highest BCUT2D eigenvalue weighted by Crippen LogP contribution is 2.05. The van der Waals surface area contributed by atoms with Crippen LogP contribution in [0.5, 0.6) is 0 Å². The first kappa shape index (κ1) is 11.8. The summed E-state index contributed by atoms with van der Waals surface area (Å²) in [7, 11) is 0. The largest absolute Gasteiger partial charge is 0.462 e. The van der Waals surface area contributed by atoms with Crippen molar-refractivity contribution in [3.05, 3.63) is 0 Å². The van der Waals surface area contributed by atoms with Crippen molar-refractivity contribution >= 4 is 17.7 Å². The van der Waals surface area contributed by atoms with Crippen molar-refractivity contribution in [2.75, 3.05) is 11.5 Å². The number of carbonyl (C=O) groups is 1. The molecule has 0 aliphatic rings. The number of unbranched alkanes of at least 4 members (excludes halogenated alkanes) is 1. The minimum Gasteiger partial charge on any atom is -0.462 e. The van der Waals surface area contributed by atoms with E-state index in [1.807, 2.05) is 13.8 Å². The van der Waals surface area contributed by atoms with Gasteiger partial charge >= 0.3 is 5.97 Å². The van der Waals surface area contributed by atoms with Crippen molar-refractivity contribution in [3.8, 4) is 0 Å². The molecule has 0 saturated carbocycles. The highest BCUT2D eigenvalue weighted by molar-refractivity contribution is 7.99. The zero-order chi connectivity index (χ0) is 9.40. The van der Waals surface area contributed by atoms with Gasteiger partial charge in [-0.2, -0.15) is 11.8 Å². The molecule has 0 N–H and O–H groups in total. The van der Waals surface area contributed by atoms with Gasteiger partial charge in [0.1, 0.15) is 0 Å². The van der Waals surface area contributed by atoms with Crippen LogP contribution in [-0.2, 0) is 9.53 Å². The van der Waals surface area contributed by atoms with Crippen LogP contribution in [-0.4, -0.2) is 23.6 Å². The zero-order valence-electron chi connectivity index (χ0n) is 8.13. The molecule has 0 saturated heterocycles. The van der Waals surface area contributed by atoms with Crippen LogP contribution < -0.4 is 0 Å². The quantitative estimate of drug-likeness (QED) is 0.475. The predicted octanol–water partition coefficient (Wildman–Crippen LogP) is 2.47. The van der Waals surface area contributed by atoms with Crippen molar-refractivity contribution in [1.82, 2.24) is 0 Å². The predicted molar refractivity (Wildman–Crippen MR) is 53.5 cm³/mol. The maximum absolute atomic E-state index is 11.0. The summed E-state index contributed by atoms with van der Waals surface area (Å²) in [5.41, 5.74) is 0. The Hall–Kier alpha value is -0.180. The number of hydrogen-bond donors (Lipinski definition) is 0. The molecule has 0 amide bonds. The highest BCUT2D eigenvalue weighted by atomic mass is 32.2. The van der Waals surface area contributed by atoms with Crippen LogP contribution in [0.3, 0.4) is 0 Å². The molecule has 0 spiro atoms. The molecule has 0 aromatic carbocycles. The Kier molecular flexibility index (Phi) is 7.36. The summed E-state index contributed by atoms with van der Waals surface area (Å²) < 4.78 is 4.97. The lowest BCUT2D eigenvalue weighted by atomic mass is 10.4. The Bertz CT molecular complexity index is 124. The second-order valence-corrected chi connectivity index (χ2v) is 4.05. The van der Waals surface area contributed by atoms with E-state index in [1.165, 1.54) is 12.8 Å². The molecule has 0 heterocycles. The fourth-order valence-electron chi connectivity index (χ4n) is 0.699.